The summed E-state index contributed by atoms with van der Waals surface area (Å²) >= 11 is 0. The van der Waals surface area contributed by atoms with Gasteiger partial charge in [-0.15, -0.1) is 0 Å². The van der Waals surface area contributed by atoms with Crippen LogP contribution in [0.1, 0.15) is 61.8 Å². The van der Waals surface area contributed by atoms with E-state index in [4.69, 9.17) is 0 Å². The minimum Gasteiger partial charge on any atom is -0.363 e. The highest BCUT2D eigenvalue weighted by Crippen LogP contribution is 2.48. The number of rotatable bonds is 6. The van der Waals surface area contributed by atoms with Gasteiger partial charge < -0.3 is 9.88 Å². The van der Waals surface area contributed by atoms with Crippen LogP contribution in [0, 0.1) is 24.1 Å². The average Bonchev–Trinajstić information content (AvgIpc) is 3.55. The van der Waals surface area contributed by atoms with Gasteiger partial charge in [0.1, 0.15) is 23.0 Å². The van der Waals surface area contributed by atoms with Crippen LogP contribution in [0.3, 0.4) is 0 Å². The molecule has 1 aromatic carbocycles. The van der Waals surface area contributed by atoms with Gasteiger partial charge >= 0.3 is 0 Å². The molecule has 0 aliphatic heterocycles. The second-order valence-electron chi connectivity index (χ2n) is 8.07. The number of hydrogen-bond donors (Lipinski definition) is 1. The number of hydrogen-bond acceptors (Lipinski definition) is 5. The summed E-state index contributed by atoms with van der Waals surface area (Å²) in [6, 6.07) is 7.21. The lowest BCUT2D eigenvalue weighted by atomic mass is 10.0. The first kappa shape index (κ1) is 21.8. The smallest absolute Gasteiger partial charge is 0.277 e. The minimum absolute atomic E-state index is 0.0602. The van der Waals surface area contributed by atoms with E-state index in [9.17, 15) is 23.2 Å². The van der Waals surface area contributed by atoms with E-state index in [0.717, 1.165) is 6.07 Å². The Bertz CT molecular complexity index is 1310. The van der Waals surface area contributed by atoms with E-state index >= 15 is 0 Å². The molecule has 1 atom stereocenters. The molecule has 0 bridgehead atoms. The van der Waals surface area contributed by atoms with Crippen molar-refractivity contribution >= 4 is 16.7 Å². The molecule has 0 radical (unpaired) electrons. The highest BCUT2D eigenvalue weighted by Gasteiger charge is 2.47. The van der Waals surface area contributed by atoms with Crippen molar-refractivity contribution in [1.82, 2.24) is 14.5 Å². The predicted molar refractivity (Wildman–Crippen MR) is 114 cm³/mol. The van der Waals surface area contributed by atoms with E-state index in [0.29, 0.717) is 36.3 Å². The van der Waals surface area contributed by atoms with Gasteiger partial charge in [-0.25, -0.2) is 23.1 Å². The number of alkyl halides is 2. The van der Waals surface area contributed by atoms with E-state index < -0.39 is 29.3 Å². The van der Waals surface area contributed by atoms with Crippen molar-refractivity contribution in [3.8, 4) is 6.07 Å². The largest absolute Gasteiger partial charge is 0.363 e. The molecular weight excluding hydrogens is 419 g/mol. The van der Waals surface area contributed by atoms with Crippen LogP contribution in [-0.2, 0) is 12.0 Å². The fourth-order valence-corrected chi connectivity index (χ4v) is 4.06. The highest BCUT2D eigenvalue weighted by molar-refractivity contribution is 5.89. The summed E-state index contributed by atoms with van der Waals surface area (Å²) in [5.41, 5.74) is -0.854. The Balaban J connectivity index is 1.86. The van der Waals surface area contributed by atoms with Crippen molar-refractivity contribution in [3.05, 3.63) is 63.1 Å². The van der Waals surface area contributed by atoms with E-state index in [1.54, 1.807) is 24.5 Å². The molecule has 0 saturated heterocycles. The lowest BCUT2D eigenvalue weighted by Crippen LogP contribution is -2.28. The third-order valence-electron chi connectivity index (χ3n) is 5.96. The maximum Gasteiger partial charge on any atom is 0.277 e. The lowest BCUT2D eigenvalue weighted by molar-refractivity contribution is 0.146. The number of pyridine rings is 1. The molecular formula is C23H22F3N5O. The summed E-state index contributed by atoms with van der Waals surface area (Å²) in [6.07, 6.45) is -1.61. The standard InChI is InChI=1S/C23H22F3N5O/c1-4-31-17(23(11-27)8-9-23)10-16-19(22(31)32)29-13(3)30-21(16)28-12(2)14-6-5-7-15(18(14)24)20(25)26/h5-7,10,12,20H,4,8-9H2,1-3H3,(H,28,29,30)/t12-/m1/s1. The molecule has 2 heterocycles. The number of anilines is 1. The monoisotopic (exact) mass is 441 g/mol. The van der Waals surface area contributed by atoms with Crippen molar-refractivity contribution in [2.75, 3.05) is 5.32 Å². The normalized spacial score (nSPS) is 15.6. The van der Waals surface area contributed by atoms with Gasteiger partial charge in [-0.2, -0.15) is 5.26 Å². The Morgan fingerprint density at radius 2 is 1.97 bits per heavy atom. The first-order valence-electron chi connectivity index (χ1n) is 10.4. The van der Waals surface area contributed by atoms with Gasteiger partial charge in [0, 0.05) is 17.8 Å². The molecule has 2 aromatic heterocycles. The summed E-state index contributed by atoms with van der Waals surface area (Å²) in [5.74, 6) is -0.354. The predicted octanol–water partition coefficient (Wildman–Crippen LogP) is 4.92. The Morgan fingerprint density at radius 3 is 2.56 bits per heavy atom. The number of nitrogens with zero attached hydrogens (tertiary/aromatic N) is 4. The Kier molecular flexibility index (Phi) is 5.41. The number of fused-ring (bicyclic) bond motifs is 1. The fourth-order valence-electron chi connectivity index (χ4n) is 4.06. The van der Waals surface area contributed by atoms with Gasteiger partial charge in [0.2, 0.25) is 0 Å². The van der Waals surface area contributed by atoms with Crippen LogP contribution in [0.5, 0.6) is 0 Å². The summed E-state index contributed by atoms with van der Waals surface area (Å²) < 4.78 is 42.5. The van der Waals surface area contributed by atoms with Crippen molar-refractivity contribution in [2.24, 2.45) is 0 Å². The van der Waals surface area contributed by atoms with Crippen LogP contribution in [0.15, 0.2) is 29.1 Å². The molecule has 4 rings (SSSR count). The topological polar surface area (TPSA) is 83.6 Å². The molecule has 1 fully saturated rings. The minimum atomic E-state index is -2.93. The summed E-state index contributed by atoms with van der Waals surface area (Å²) in [5, 5.41) is 13.2. The van der Waals surface area contributed by atoms with E-state index in [-0.39, 0.29) is 22.5 Å². The second kappa shape index (κ2) is 7.93. The fraction of sp³-hybridized carbons (Fsp3) is 0.391. The van der Waals surface area contributed by atoms with Crippen LogP contribution >= 0.6 is 0 Å². The average molecular weight is 441 g/mol. The zero-order valence-corrected chi connectivity index (χ0v) is 17.9. The zero-order chi connectivity index (χ0) is 23.2. The molecule has 3 aromatic rings. The number of nitrogens with one attached hydrogen (secondary N) is 1. The zero-order valence-electron chi connectivity index (χ0n) is 17.9. The molecule has 0 unspecified atom stereocenters. The van der Waals surface area contributed by atoms with E-state index in [2.05, 4.69) is 21.4 Å². The van der Waals surface area contributed by atoms with Crippen LogP contribution in [0.2, 0.25) is 0 Å². The molecule has 1 N–H and O–H groups in total. The molecule has 6 nitrogen and oxygen atoms in total. The highest BCUT2D eigenvalue weighted by atomic mass is 19.3. The molecule has 32 heavy (non-hydrogen) atoms. The Morgan fingerprint density at radius 1 is 1.28 bits per heavy atom. The van der Waals surface area contributed by atoms with Crippen molar-refractivity contribution in [1.29, 1.82) is 5.26 Å². The molecule has 1 aliphatic carbocycles. The number of aromatic nitrogens is 3. The summed E-state index contributed by atoms with van der Waals surface area (Å²) in [4.78, 5) is 21.9. The van der Waals surface area contributed by atoms with Gasteiger partial charge in [-0.1, -0.05) is 18.2 Å². The van der Waals surface area contributed by atoms with Crippen LogP contribution in [-0.4, -0.2) is 14.5 Å². The van der Waals surface area contributed by atoms with Crippen LogP contribution in [0.4, 0.5) is 19.0 Å². The van der Waals surface area contributed by atoms with Crippen LogP contribution < -0.4 is 10.9 Å². The van der Waals surface area contributed by atoms with Crippen LogP contribution in [0.25, 0.3) is 10.9 Å². The van der Waals surface area contributed by atoms with Gasteiger partial charge in [0.25, 0.3) is 12.0 Å². The van der Waals surface area contributed by atoms with Gasteiger partial charge in [0.15, 0.2) is 0 Å². The maximum absolute atomic E-state index is 14.7. The van der Waals surface area contributed by atoms with E-state index in [1.165, 1.54) is 12.1 Å². The number of benzene rings is 1. The lowest BCUT2D eigenvalue weighted by Gasteiger charge is -2.20. The molecule has 1 aliphatic rings. The first-order valence-corrected chi connectivity index (χ1v) is 10.4. The molecule has 166 valence electrons. The second-order valence-corrected chi connectivity index (χ2v) is 8.07. The van der Waals surface area contributed by atoms with Crippen molar-refractivity contribution < 1.29 is 13.2 Å². The maximum atomic E-state index is 14.7. The van der Waals surface area contributed by atoms with Gasteiger partial charge in [-0.3, -0.25) is 4.79 Å². The molecule has 0 amide bonds. The number of aryl methyl sites for hydroxylation is 1. The quantitative estimate of drug-likeness (QED) is 0.587. The summed E-state index contributed by atoms with van der Waals surface area (Å²) in [6.45, 7) is 5.48. The third-order valence-corrected chi connectivity index (χ3v) is 5.96. The van der Waals surface area contributed by atoms with E-state index in [1.807, 2.05) is 6.92 Å². The first-order chi connectivity index (χ1) is 15.2. The summed E-state index contributed by atoms with van der Waals surface area (Å²) in [7, 11) is 0. The molecule has 1 saturated carbocycles. The molecule has 9 heteroatoms. The Labute approximate surface area is 182 Å². The number of nitriles is 1. The van der Waals surface area contributed by atoms with Crippen molar-refractivity contribution in [2.45, 2.75) is 58.0 Å². The van der Waals surface area contributed by atoms with Crippen molar-refractivity contribution in [3.63, 3.8) is 0 Å². The van der Waals surface area contributed by atoms with Gasteiger partial charge in [-0.05, 0) is 39.7 Å². The van der Waals surface area contributed by atoms with Gasteiger partial charge in [0.05, 0.1) is 28.5 Å². The third kappa shape index (κ3) is 3.49. The molecule has 0 spiro atoms. The number of halogens is 3. The SMILES string of the molecule is CCn1c(C2(C#N)CC2)cc2c(N[C@H](C)c3cccc(C(F)F)c3F)nc(C)nc2c1=O. The Hall–Kier alpha value is -3.41.